The molecule has 3 rings (SSSR count). The number of para-hydroxylation sites is 1. The molecule has 0 aromatic heterocycles. The Morgan fingerprint density at radius 1 is 1.24 bits per heavy atom. The van der Waals surface area contributed by atoms with E-state index in [9.17, 15) is 4.79 Å². The van der Waals surface area contributed by atoms with Crippen molar-refractivity contribution in [3.05, 3.63) is 64.7 Å². The molecule has 0 fully saturated rings. The number of amides is 1. The molecular weight excluding hydrogens is 284 g/mol. The van der Waals surface area contributed by atoms with Gasteiger partial charge < -0.3 is 10.6 Å². The molecule has 21 heavy (non-hydrogen) atoms. The Balaban J connectivity index is 2.05. The maximum absolute atomic E-state index is 12.6. The molecule has 3 nitrogen and oxygen atoms in total. The largest absolute Gasteiger partial charge is 0.320 e. The van der Waals surface area contributed by atoms with Crippen molar-refractivity contribution in [3.8, 4) is 0 Å². The Bertz CT molecular complexity index is 686. The summed E-state index contributed by atoms with van der Waals surface area (Å²) in [6.07, 6.45) is 0.591. The quantitative estimate of drug-likeness (QED) is 0.925. The molecule has 0 bridgehead atoms. The maximum Gasteiger partial charge on any atom is 0.244 e. The first-order chi connectivity index (χ1) is 10.1. The number of halogens is 1. The van der Waals surface area contributed by atoms with Crippen LogP contribution in [0.4, 0.5) is 5.69 Å². The van der Waals surface area contributed by atoms with Crippen molar-refractivity contribution < 1.29 is 4.79 Å². The first-order valence-electron chi connectivity index (χ1n) is 7.00. The number of carbonyl (C=O) groups is 1. The van der Waals surface area contributed by atoms with Crippen LogP contribution in [0.1, 0.15) is 24.1 Å². The monoisotopic (exact) mass is 300 g/mol. The second-order valence-corrected chi connectivity index (χ2v) is 5.81. The van der Waals surface area contributed by atoms with E-state index in [1.54, 1.807) is 4.90 Å². The minimum absolute atomic E-state index is 0.0406. The summed E-state index contributed by atoms with van der Waals surface area (Å²) in [6.45, 7) is 2.00. The van der Waals surface area contributed by atoms with E-state index in [2.05, 4.69) is 0 Å². The topological polar surface area (TPSA) is 46.3 Å². The van der Waals surface area contributed by atoms with Gasteiger partial charge in [-0.05, 0) is 42.7 Å². The van der Waals surface area contributed by atoms with Crippen LogP contribution < -0.4 is 10.6 Å². The van der Waals surface area contributed by atoms with Crippen LogP contribution in [0.25, 0.3) is 0 Å². The average molecular weight is 301 g/mol. The highest BCUT2D eigenvalue weighted by Crippen LogP contribution is 2.34. The minimum atomic E-state index is -0.485. The van der Waals surface area contributed by atoms with E-state index in [1.165, 1.54) is 0 Å². The Morgan fingerprint density at radius 3 is 2.76 bits per heavy atom. The molecule has 1 aliphatic heterocycles. The lowest BCUT2D eigenvalue weighted by molar-refractivity contribution is -0.120. The summed E-state index contributed by atoms with van der Waals surface area (Å²) in [5.41, 5.74) is 9.06. The first-order valence-corrected chi connectivity index (χ1v) is 7.38. The van der Waals surface area contributed by atoms with E-state index < -0.39 is 6.04 Å². The number of rotatable bonds is 2. The van der Waals surface area contributed by atoms with Crippen LogP contribution in [0.15, 0.2) is 48.5 Å². The minimum Gasteiger partial charge on any atom is -0.320 e. The molecule has 2 aromatic carbocycles. The van der Waals surface area contributed by atoms with Crippen molar-refractivity contribution in [2.75, 3.05) is 4.90 Å². The van der Waals surface area contributed by atoms with Gasteiger partial charge >= 0.3 is 0 Å². The maximum atomic E-state index is 12.6. The van der Waals surface area contributed by atoms with Crippen LogP contribution in [-0.4, -0.2) is 11.9 Å². The van der Waals surface area contributed by atoms with Crippen molar-refractivity contribution in [1.82, 2.24) is 0 Å². The molecule has 0 radical (unpaired) electrons. The van der Waals surface area contributed by atoms with Crippen LogP contribution in [0, 0.1) is 0 Å². The normalized spacial score (nSPS) is 19.3. The van der Waals surface area contributed by atoms with Crippen molar-refractivity contribution in [1.29, 1.82) is 0 Å². The zero-order chi connectivity index (χ0) is 15.0. The lowest BCUT2D eigenvalue weighted by atomic mass is 9.94. The lowest BCUT2D eigenvalue weighted by Gasteiger charge is -2.37. The Kier molecular flexibility index (Phi) is 3.70. The molecule has 0 spiro atoms. The fourth-order valence-electron chi connectivity index (χ4n) is 2.86. The van der Waals surface area contributed by atoms with E-state index >= 15 is 0 Å². The van der Waals surface area contributed by atoms with E-state index in [-0.39, 0.29) is 11.9 Å². The van der Waals surface area contributed by atoms with Crippen LogP contribution in [-0.2, 0) is 11.2 Å². The predicted molar refractivity (Wildman–Crippen MR) is 85.5 cm³/mol. The molecule has 1 aliphatic rings. The van der Waals surface area contributed by atoms with Crippen molar-refractivity contribution in [2.24, 2.45) is 5.73 Å². The Labute approximate surface area is 129 Å². The van der Waals surface area contributed by atoms with E-state index in [1.807, 2.05) is 55.5 Å². The number of nitrogens with two attached hydrogens (primary N) is 1. The van der Waals surface area contributed by atoms with Gasteiger partial charge in [-0.1, -0.05) is 41.9 Å². The molecule has 1 amide bonds. The van der Waals surface area contributed by atoms with Crippen LogP contribution in [0.3, 0.4) is 0 Å². The van der Waals surface area contributed by atoms with Gasteiger partial charge in [0.2, 0.25) is 5.91 Å². The average Bonchev–Trinajstić information content (AvgIpc) is 2.48. The first kappa shape index (κ1) is 14.1. The van der Waals surface area contributed by atoms with E-state index in [0.29, 0.717) is 11.4 Å². The number of benzene rings is 2. The fourth-order valence-corrected chi connectivity index (χ4v) is 3.05. The number of hydrogen-bond donors (Lipinski definition) is 1. The highest BCUT2D eigenvalue weighted by atomic mass is 35.5. The van der Waals surface area contributed by atoms with Crippen molar-refractivity contribution >= 4 is 23.2 Å². The van der Waals surface area contributed by atoms with Gasteiger partial charge in [-0.2, -0.15) is 0 Å². The molecule has 2 aromatic rings. The zero-order valence-electron chi connectivity index (χ0n) is 11.8. The number of fused-ring (bicyclic) bond motifs is 1. The number of carbonyl (C=O) groups excluding carboxylic acids is 1. The van der Waals surface area contributed by atoms with Gasteiger partial charge in [-0.3, -0.25) is 4.79 Å². The molecule has 0 saturated carbocycles. The third-order valence-electron chi connectivity index (χ3n) is 3.96. The van der Waals surface area contributed by atoms with Crippen LogP contribution >= 0.6 is 11.6 Å². The predicted octanol–water partition coefficient (Wildman–Crippen LogP) is 3.32. The highest BCUT2D eigenvalue weighted by molar-refractivity contribution is 6.30. The SMILES string of the molecule is C[C@@H](c1cccc(Cl)c1)N1C(=O)[C@H](N)Cc2ccccc21. The van der Waals surface area contributed by atoms with Crippen molar-refractivity contribution in [2.45, 2.75) is 25.4 Å². The molecule has 0 aliphatic carbocycles. The smallest absolute Gasteiger partial charge is 0.244 e. The van der Waals surface area contributed by atoms with E-state index in [0.717, 1.165) is 16.8 Å². The number of nitrogens with zero attached hydrogens (tertiary/aromatic N) is 1. The second kappa shape index (κ2) is 5.51. The van der Waals surface area contributed by atoms with Gasteiger partial charge in [-0.15, -0.1) is 0 Å². The Hall–Kier alpha value is -1.84. The lowest BCUT2D eigenvalue weighted by Crippen LogP contribution is -2.49. The summed E-state index contributed by atoms with van der Waals surface area (Å²) < 4.78 is 0. The highest BCUT2D eigenvalue weighted by Gasteiger charge is 2.33. The summed E-state index contributed by atoms with van der Waals surface area (Å²) in [5, 5.41) is 0.668. The summed E-state index contributed by atoms with van der Waals surface area (Å²) in [7, 11) is 0. The molecule has 0 saturated heterocycles. The zero-order valence-corrected chi connectivity index (χ0v) is 12.5. The third kappa shape index (κ3) is 2.55. The molecule has 2 N–H and O–H groups in total. The summed E-state index contributed by atoms with van der Waals surface area (Å²) in [5.74, 6) is -0.0406. The van der Waals surface area contributed by atoms with Gasteiger partial charge in [0.1, 0.15) is 0 Å². The third-order valence-corrected chi connectivity index (χ3v) is 4.20. The molecule has 2 atom stereocenters. The summed E-state index contributed by atoms with van der Waals surface area (Å²) >= 11 is 6.06. The molecule has 108 valence electrons. The van der Waals surface area contributed by atoms with Crippen molar-refractivity contribution in [3.63, 3.8) is 0 Å². The van der Waals surface area contributed by atoms with Gasteiger partial charge in [0.25, 0.3) is 0 Å². The van der Waals surface area contributed by atoms with Gasteiger partial charge in [-0.25, -0.2) is 0 Å². The summed E-state index contributed by atoms with van der Waals surface area (Å²) in [6, 6.07) is 14.9. The second-order valence-electron chi connectivity index (χ2n) is 5.38. The van der Waals surface area contributed by atoms with Gasteiger partial charge in [0.15, 0.2) is 0 Å². The molecule has 0 unspecified atom stereocenters. The van der Waals surface area contributed by atoms with Crippen LogP contribution in [0.5, 0.6) is 0 Å². The molecular formula is C17H17ClN2O. The molecule has 4 heteroatoms. The van der Waals surface area contributed by atoms with Gasteiger partial charge in [0.05, 0.1) is 12.1 Å². The van der Waals surface area contributed by atoms with Gasteiger partial charge in [0, 0.05) is 10.7 Å². The fraction of sp³-hybridized carbons (Fsp3) is 0.235. The standard InChI is InChI=1S/C17H17ClN2O/c1-11(12-6-4-7-14(18)9-12)20-16-8-3-2-5-13(16)10-15(19)17(20)21/h2-9,11,15H,10,19H2,1H3/t11-,15+/m0/s1. The van der Waals surface area contributed by atoms with Crippen LogP contribution in [0.2, 0.25) is 5.02 Å². The molecule has 1 heterocycles. The number of hydrogen-bond acceptors (Lipinski definition) is 2. The Morgan fingerprint density at radius 2 is 2.00 bits per heavy atom. The van der Waals surface area contributed by atoms with E-state index in [4.69, 9.17) is 17.3 Å². The summed E-state index contributed by atoms with van der Waals surface area (Å²) in [4.78, 5) is 14.3. The number of anilines is 1.